The molecule has 6 nitrogen and oxygen atoms in total. The minimum atomic E-state index is -0.308. The second kappa shape index (κ2) is 7.26. The quantitative estimate of drug-likeness (QED) is 0.438. The van der Waals surface area contributed by atoms with Crippen molar-refractivity contribution in [2.45, 2.75) is 6.92 Å². The lowest BCUT2D eigenvalue weighted by atomic mass is 10.1. The van der Waals surface area contributed by atoms with Crippen LogP contribution in [0.3, 0.4) is 0 Å². The van der Waals surface area contributed by atoms with Gasteiger partial charge in [0.2, 0.25) is 0 Å². The number of fused-ring (bicyclic) bond motifs is 1. The van der Waals surface area contributed by atoms with E-state index in [1.807, 2.05) is 19.1 Å². The number of H-pyrrole nitrogens is 2. The number of pyridine rings is 2. The van der Waals surface area contributed by atoms with Crippen LogP contribution in [0.15, 0.2) is 61.3 Å². The second-order valence-corrected chi connectivity index (χ2v) is 6.84. The lowest BCUT2D eigenvalue weighted by Gasteiger charge is -2.01. The number of nitrogens with zero attached hydrogens (tertiary/aromatic N) is 4. The van der Waals surface area contributed by atoms with Crippen molar-refractivity contribution < 1.29 is 4.39 Å². The lowest BCUT2D eigenvalue weighted by molar-refractivity contribution is 0.628. The number of hydrogen-bond donors (Lipinski definition) is 2. The molecular weight excluding hydrogens is 379 g/mol. The van der Waals surface area contributed by atoms with Gasteiger partial charge in [0.25, 0.3) is 0 Å². The van der Waals surface area contributed by atoms with Crippen molar-refractivity contribution >= 4 is 11.0 Å². The minimum Gasteiger partial charge on any atom is -0.335 e. The van der Waals surface area contributed by atoms with E-state index in [0.29, 0.717) is 28.2 Å². The molecule has 0 amide bonds. The zero-order chi connectivity index (χ0) is 20.5. The topological polar surface area (TPSA) is 83.1 Å². The van der Waals surface area contributed by atoms with Crippen LogP contribution in [0.2, 0.25) is 0 Å². The molecule has 5 aromatic rings. The summed E-state index contributed by atoms with van der Waals surface area (Å²) < 4.78 is 13.7. The Kier molecular flexibility index (Phi) is 4.30. The van der Waals surface area contributed by atoms with Gasteiger partial charge < -0.3 is 4.98 Å². The Balaban J connectivity index is 1.58. The van der Waals surface area contributed by atoms with Crippen molar-refractivity contribution in [1.82, 2.24) is 30.1 Å². The summed E-state index contributed by atoms with van der Waals surface area (Å²) in [6, 6.07) is 8.34. The molecule has 0 saturated heterocycles. The number of benzene rings is 1. The number of halogens is 1. The monoisotopic (exact) mass is 394 g/mol. The molecule has 144 valence electrons. The summed E-state index contributed by atoms with van der Waals surface area (Å²) in [5.41, 5.74) is 6.13. The van der Waals surface area contributed by atoms with Crippen molar-refractivity contribution in [2.24, 2.45) is 0 Å². The Morgan fingerprint density at radius 1 is 0.967 bits per heavy atom. The zero-order valence-corrected chi connectivity index (χ0v) is 15.9. The average Bonchev–Trinajstić information content (AvgIpc) is 3.38. The molecule has 0 radical (unpaired) electrons. The largest absolute Gasteiger partial charge is 0.335 e. The summed E-state index contributed by atoms with van der Waals surface area (Å²) in [5.74, 6) is 6.51. The number of aromatic nitrogens is 6. The molecule has 2 N–H and O–H groups in total. The molecule has 7 heteroatoms. The third kappa shape index (κ3) is 3.31. The summed E-state index contributed by atoms with van der Waals surface area (Å²) in [4.78, 5) is 16.4. The fourth-order valence-electron chi connectivity index (χ4n) is 3.24. The van der Waals surface area contributed by atoms with Crippen molar-refractivity contribution in [2.75, 3.05) is 0 Å². The van der Waals surface area contributed by atoms with Gasteiger partial charge in [-0.05, 0) is 36.2 Å². The molecule has 0 saturated carbocycles. The Morgan fingerprint density at radius 3 is 2.73 bits per heavy atom. The van der Waals surface area contributed by atoms with Crippen LogP contribution in [0.1, 0.15) is 16.7 Å². The summed E-state index contributed by atoms with van der Waals surface area (Å²) >= 11 is 0. The second-order valence-electron chi connectivity index (χ2n) is 6.84. The van der Waals surface area contributed by atoms with Gasteiger partial charge in [0.05, 0.1) is 29.0 Å². The number of imidazole rings is 1. The highest BCUT2D eigenvalue weighted by Crippen LogP contribution is 2.29. The van der Waals surface area contributed by atoms with Crippen LogP contribution in [0.5, 0.6) is 0 Å². The molecule has 0 bridgehead atoms. The summed E-state index contributed by atoms with van der Waals surface area (Å²) in [7, 11) is 0. The van der Waals surface area contributed by atoms with E-state index >= 15 is 0 Å². The molecule has 5 rings (SSSR count). The van der Waals surface area contributed by atoms with Crippen LogP contribution in [-0.2, 0) is 0 Å². The van der Waals surface area contributed by atoms with Gasteiger partial charge in [0, 0.05) is 29.7 Å². The van der Waals surface area contributed by atoms with Crippen LogP contribution < -0.4 is 0 Å². The summed E-state index contributed by atoms with van der Waals surface area (Å²) in [5, 5.41) is 7.08. The van der Waals surface area contributed by atoms with Crippen molar-refractivity contribution in [1.29, 1.82) is 0 Å². The first-order valence-corrected chi connectivity index (χ1v) is 9.24. The first-order valence-electron chi connectivity index (χ1n) is 9.24. The highest BCUT2D eigenvalue weighted by atomic mass is 19.1. The van der Waals surface area contributed by atoms with Gasteiger partial charge in [-0.3, -0.25) is 15.1 Å². The molecular formula is C23H15FN6. The van der Waals surface area contributed by atoms with Gasteiger partial charge in [-0.25, -0.2) is 9.37 Å². The van der Waals surface area contributed by atoms with Gasteiger partial charge >= 0.3 is 0 Å². The Hall–Kier alpha value is -4.31. The Labute approximate surface area is 171 Å². The van der Waals surface area contributed by atoms with Crippen LogP contribution >= 0.6 is 0 Å². The number of nitrogens with one attached hydrogen (secondary N) is 2. The average molecular weight is 394 g/mol. The Bertz CT molecular complexity index is 1440. The minimum absolute atomic E-state index is 0.308. The number of hydrogen-bond acceptors (Lipinski definition) is 4. The molecule has 0 atom stereocenters. The van der Waals surface area contributed by atoms with Crippen molar-refractivity contribution in [3.63, 3.8) is 0 Å². The van der Waals surface area contributed by atoms with Crippen molar-refractivity contribution in [3.05, 3.63) is 83.8 Å². The molecule has 4 aromatic heterocycles. The van der Waals surface area contributed by atoms with E-state index in [1.165, 1.54) is 12.1 Å². The number of rotatable bonds is 2. The predicted molar refractivity (Wildman–Crippen MR) is 112 cm³/mol. The van der Waals surface area contributed by atoms with E-state index in [2.05, 4.69) is 37.0 Å². The summed E-state index contributed by atoms with van der Waals surface area (Å²) in [6.45, 7) is 1.97. The smallest absolute Gasteiger partial charge is 0.157 e. The molecule has 30 heavy (non-hydrogen) atoms. The normalized spacial score (nSPS) is 10.7. The first kappa shape index (κ1) is 17.8. The van der Waals surface area contributed by atoms with Crippen molar-refractivity contribution in [3.8, 4) is 34.5 Å². The SMILES string of the molecule is Cc1cncc(C#Cc2cn[nH]c2-c2nc3c(-c4cccc(F)c4)cncc3[nH]2)c1. The first-order chi connectivity index (χ1) is 14.7. The van der Waals surface area contributed by atoms with E-state index in [-0.39, 0.29) is 5.82 Å². The summed E-state index contributed by atoms with van der Waals surface area (Å²) in [6.07, 6.45) is 8.53. The van der Waals surface area contributed by atoms with Crippen LogP contribution in [0.4, 0.5) is 4.39 Å². The highest BCUT2D eigenvalue weighted by Gasteiger charge is 2.14. The molecule has 0 aliphatic carbocycles. The molecule has 0 aliphatic rings. The van der Waals surface area contributed by atoms with Crippen LogP contribution in [-0.4, -0.2) is 30.1 Å². The molecule has 1 aromatic carbocycles. The van der Waals surface area contributed by atoms with E-state index in [0.717, 1.165) is 22.2 Å². The van der Waals surface area contributed by atoms with Gasteiger partial charge in [-0.2, -0.15) is 5.10 Å². The zero-order valence-electron chi connectivity index (χ0n) is 15.9. The predicted octanol–water partition coefficient (Wildman–Crippen LogP) is 4.26. The molecule has 4 heterocycles. The number of aryl methyl sites for hydroxylation is 1. The fraction of sp³-hybridized carbons (Fsp3) is 0.0435. The lowest BCUT2D eigenvalue weighted by Crippen LogP contribution is -1.86. The van der Waals surface area contributed by atoms with Gasteiger partial charge in [0.1, 0.15) is 11.5 Å². The van der Waals surface area contributed by atoms with Gasteiger partial charge in [0.15, 0.2) is 5.82 Å². The van der Waals surface area contributed by atoms with Gasteiger partial charge in [-0.15, -0.1) is 0 Å². The molecule has 0 spiro atoms. The van der Waals surface area contributed by atoms with Gasteiger partial charge in [-0.1, -0.05) is 24.0 Å². The molecule has 0 fully saturated rings. The maximum Gasteiger partial charge on any atom is 0.157 e. The standard InChI is InChI=1S/C23H15FN6/c1-14-7-15(10-25-9-14)5-6-17-11-27-30-21(17)23-28-20-13-26-12-19(22(20)29-23)16-3-2-4-18(24)8-16/h2-4,7-13H,1H3,(H,27,30)(H,28,29). The van der Waals surface area contributed by atoms with E-state index in [4.69, 9.17) is 4.98 Å². The molecule has 0 aliphatic heterocycles. The van der Waals surface area contributed by atoms with E-state index in [1.54, 1.807) is 37.1 Å². The maximum absolute atomic E-state index is 13.7. The fourth-order valence-corrected chi connectivity index (χ4v) is 3.24. The highest BCUT2D eigenvalue weighted by molar-refractivity contribution is 5.92. The maximum atomic E-state index is 13.7. The van der Waals surface area contributed by atoms with E-state index < -0.39 is 0 Å². The van der Waals surface area contributed by atoms with Crippen LogP contribution in [0.25, 0.3) is 33.7 Å². The number of aromatic amines is 2. The Morgan fingerprint density at radius 2 is 1.87 bits per heavy atom. The van der Waals surface area contributed by atoms with E-state index in [9.17, 15) is 4.39 Å². The van der Waals surface area contributed by atoms with Crippen LogP contribution in [0, 0.1) is 24.6 Å². The third-order valence-electron chi connectivity index (χ3n) is 4.62. The molecule has 0 unspecified atom stereocenters. The third-order valence-corrected chi connectivity index (χ3v) is 4.62.